The summed E-state index contributed by atoms with van der Waals surface area (Å²) in [6.07, 6.45) is 0.531. The van der Waals surface area contributed by atoms with Crippen LogP contribution in [0.15, 0.2) is 58.4 Å². The van der Waals surface area contributed by atoms with Crippen LogP contribution in [-0.4, -0.2) is 21.0 Å². The second kappa shape index (κ2) is 7.74. The lowest BCUT2D eigenvalue weighted by Crippen LogP contribution is -2.05. The Bertz CT molecular complexity index is 1100. The molecular weight excluding hydrogens is 372 g/mol. The van der Waals surface area contributed by atoms with Crippen molar-refractivity contribution >= 4 is 22.9 Å². The van der Waals surface area contributed by atoms with E-state index in [0.717, 1.165) is 33.1 Å². The van der Waals surface area contributed by atoms with Gasteiger partial charge < -0.3 is 9.84 Å². The van der Waals surface area contributed by atoms with E-state index in [0.29, 0.717) is 18.1 Å². The highest BCUT2D eigenvalue weighted by Gasteiger charge is 2.10. The molecule has 28 heavy (non-hydrogen) atoms. The van der Waals surface area contributed by atoms with Gasteiger partial charge >= 0.3 is 0 Å². The summed E-state index contributed by atoms with van der Waals surface area (Å²) in [5, 5.41) is 9.93. The fourth-order valence-corrected chi connectivity index (χ4v) is 3.44. The van der Waals surface area contributed by atoms with Crippen molar-refractivity contribution in [2.75, 3.05) is 5.32 Å². The molecule has 0 atom stereocenters. The summed E-state index contributed by atoms with van der Waals surface area (Å²) in [4.78, 5) is 20.1. The zero-order valence-electron chi connectivity index (χ0n) is 15.5. The minimum Gasteiger partial charge on any atom is -0.339 e. The van der Waals surface area contributed by atoms with E-state index in [1.165, 1.54) is 6.92 Å². The highest BCUT2D eigenvalue weighted by Crippen LogP contribution is 2.25. The number of rotatable bonds is 5. The molecule has 0 radical (unpaired) electrons. The zero-order valence-corrected chi connectivity index (χ0v) is 16.3. The summed E-state index contributed by atoms with van der Waals surface area (Å²) in [5.41, 5.74) is 4.73. The third-order valence-corrected chi connectivity index (χ3v) is 4.93. The van der Waals surface area contributed by atoms with Gasteiger partial charge in [0.1, 0.15) is 0 Å². The number of nitrogens with one attached hydrogen (secondary N) is 1. The average molecular weight is 390 g/mol. The molecule has 0 aliphatic carbocycles. The third-order valence-electron chi connectivity index (χ3n) is 4.16. The van der Waals surface area contributed by atoms with Gasteiger partial charge in [-0.15, -0.1) is 11.3 Å². The molecule has 0 bridgehead atoms. The average Bonchev–Trinajstić information content (AvgIpc) is 3.32. The van der Waals surface area contributed by atoms with Crippen molar-refractivity contribution in [2.45, 2.75) is 20.3 Å². The molecule has 4 rings (SSSR count). The molecule has 0 fully saturated rings. The number of aromatic nitrogens is 3. The summed E-state index contributed by atoms with van der Waals surface area (Å²) in [5.74, 6) is 1.01. The number of aryl methyl sites for hydroxylation is 1. The van der Waals surface area contributed by atoms with Crippen LogP contribution in [0.1, 0.15) is 23.4 Å². The van der Waals surface area contributed by atoms with Crippen LogP contribution in [0.3, 0.4) is 0 Å². The van der Waals surface area contributed by atoms with E-state index in [1.54, 1.807) is 11.3 Å². The molecule has 2 aromatic heterocycles. The lowest BCUT2D eigenvalue weighted by molar-refractivity contribution is -0.114. The van der Waals surface area contributed by atoms with Gasteiger partial charge in [0.15, 0.2) is 0 Å². The number of benzene rings is 2. The molecule has 0 saturated carbocycles. The molecule has 1 amide bonds. The summed E-state index contributed by atoms with van der Waals surface area (Å²) in [7, 11) is 0. The summed E-state index contributed by atoms with van der Waals surface area (Å²) in [6, 6.07) is 15.5. The molecule has 7 heteroatoms. The molecule has 0 aliphatic heterocycles. The predicted molar refractivity (Wildman–Crippen MR) is 109 cm³/mol. The van der Waals surface area contributed by atoms with Crippen LogP contribution in [0.25, 0.3) is 22.6 Å². The highest BCUT2D eigenvalue weighted by molar-refractivity contribution is 7.09. The van der Waals surface area contributed by atoms with Crippen molar-refractivity contribution < 1.29 is 9.32 Å². The van der Waals surface area contributed by atoms with Crippen molar-refractivity contribution in [3.05, 3.63) is 70.4 Å². The van der Waals surface area contributed by atoms with Gasteiger partial charge in [-0.1, -0.05) is 41.6 Å². The molecule has 1 N–H and O–H groups in total. The first-order chi connectivity index (χ1) is 13.6. The molecule has 0 unspecified atom stereocenters. The minimum absolute atomic E-state index is 0.0924. The lowest BCUT2D eigenvalue weighted by Gasteiger charge is -2.02. The SMILES string of the molecule is CC(=O)Nc1ccc(Cc2nc(-c3ccc(-c4csc(C)n4)cc3)no2)cc1. The van der Waals surface area contributed by atoms with Gasteiger partial charge in [-0.3, -0.25) is 4.79 Å². The van der Waals surface area contributed by atoms with Crippen LogP contribution < -0.4 is 5.32 Å². The number of thiazole rings is 1. The van der Waals surface area contributed by atoms with Gasteiger partial charge in [0.05, 0.1) is 17.1 Å². The maximum absolute atomic E-state index is 11.1. The molecule has 2 heterocycles. The lowest BCUT2D eigenvalue weighted by atomic mass is 10.1. The molecular formula is C21H18N4O2S. The van der Waals surface area contributed by atoms with Crippen molar-refractivity contribution in [3.8, 4) is 22.6 Å². The third kappa shape index (κ3) is 4.15. The fraction of sp³-hybridized carbons (Fsp3) is 0.143. The Morgan fingerprint density at radius 1 is 1.04 bits per heavy atom. The van der Waals surface area contributed by atoms with E-state index in [1.807, 2.05) is 60.8 Å². The highest BCUT2D eigenvalue weighted by atomic mass is 32.1. The molecule has 0 aliphatic rings. The van der Waals surface area contributed by atoms with Crippen LogP contribution in [-0.2, 0) is 11.2 Å². The van der Waals surface area contributed by atoms with Crippen LogP contribution in [0.4, 0.5) is 5.69 Å². The zero-order chi connectivity index (χ0) is 19.5. The van der Waals surface area contributed by atoms with E-state index in [9.17, 15) is 4.79 Å². The van der Waals surface area contributed by atoms with Crippen molar-refractivity contribution in [3.63, 3.8) is 0 Å². The number of anilines is 1. The van der Waals surface area contributed by atoms with Crippen molar-refractivity contribution in [1.29, 1.82) is 0 Å². The maximum atomic E-state index is 11.1. The predicted octanol–water partition coefficient (Wildman–Crippen LogP) is 4.72. The number of nitrogens with zero attached hydrogens (tertiary/aromatic N) is 3. The molecule has 140 valence electrons. The van der Waals surface area contributed by atoms with E-state index in [2.05, 4.69) is 20.4 Å². The first-order valence-electron chi connectivity index (χ1n) is 8.79. The van der Waals surface area contributed by atoms with Gasteiger partial charge in [-0.05, 0) is 24.6 Å². The molecule has 2 aromatic carbocycles. The van der Waals surface area contributed by atoms with E-state index in [4.69, 9.17) is 4.52 Å². The Hall–Kier alpha value is -3.32. The molecule has 0 saturated heterocycles. The standard InChI is InChI=1S/C21H18N4O2S/c1-13(26)22-18-9-3-15(4-10-18)11-20-24-21(25-27-20)17-7-5-16(6-8-17)19-12-28-14(2)23-19/h3-10,12H,11H2,1-2H3,(H,22,26). The monoisotopic (exact) mass is 390 g/mol. The number of hydrogen-bond acceptors (Lipinski definition) is 6. The Kier molecular flexibility index (Phi) is 4.99. The van der Waals surface area contributed by atoms with Gasteiger partial charge in [-0.25, -0.2) is 4.98 Å². The smallest absolute Gasteiger partial charge is 0.231 e. The minimum atomic E-state index is -0.0924. The quantitative estimate of drug-likeness (QED) is 0.533. The number of carbonyl (C=O) groups is 1. The van der Waals surface area contributed by atoms with Gasteiger partial charge in [0, 0.05) is 29.1 Å². The van der Waals surface area contributed by atoms with E-state index in [-0.39, 0.29) is 5.91 Å². The van der Waals surface area contributed by atoms with Crippen molar-refractivity contribution in [1.82, 2.24) is 15.1 Å². The van der Waals surface area contributed by atoms with Crippen LogP contribution in [0, 0.1) is 6.92 Å². The van der Waals surface area contributed by atoms with Gasteiger partial charge in [-0.2, -0.15) is 4.98 Å². The van der Waals surface area contributed by atoms with Crippen LogP contribution >= 0.6 is 11.3 Å². The Morgan fingerprint density at radius 2 is 1.75 bits per heavy atom. The Balaban J connectivity index is 1.46. The fourth-order valence-electron chi connectivity index (χ4n) is 2.81. The second-order valence-electron chi connectivity index (χ2n) is 6.40. The van der Waals surface area contributed by atoms with Gasteiger partial charge in [0.25, 0.3) is 0 Å². The first kappa shape index (κ1) is 18.1. The topological polar surface area (TPSA) is 80.9 Å². The van der Waals surface area contributed by atoms with E-state index < -0.39 is 0 Å². The van der Waals surface area contributed by atoms with Crippen molar-refractivity contribution in [2.24, 2.45) is 0 Å². The number of carbonyl (C=O) groups excluding carboxylic acids is 1. The summed E-state index contributed by atoms with van der Waals surface area (Å²) in [6.45, 7) is 3.48. The maximum Gasteiger partial charge on any atom is 0.231 e. The molecule has 0 spiro atoms. The normalized spacial score (nSPS) is 10.8. The Morgan fingerprint density at radius 3 is 2.39 bits per heavy atom. The summed E-state index contributed by atoms with van der Waals surface area (Å²) < 4.78 is 5.39. The van der Waals surface area contributed by atoms with Gasteiger partial charge in [0.2, 0.25) is 17.6 Å². The number of amides is 1. The van der Waals surface area contributed by atoms with Crippen LogP contribution in [0.2, 0.25) is 0 Å². The largest absolute Gasteiger partial charge is 0.339 e. The van der Waals surface area contributed by atoms with E-state index >= 15 is 0 Å². The number of hydrogen-bond donors (Lipinski definition) is 1. The first-order valence-corrected chi connectivity index (χ1v) is 9.67. The van der Waals surface area contributed by atoms with Crippen LogP contribution in [0.5, 0.6) is 0 Å². The Labute approximate surface area is 166 Å². The second-order valence-corrected chi connectivity index (χ2v) is 7.46. The molecule has 4 aromatic rings. The molecule has 6 nitrogen and oxygen atoms in total. The summed E-state index contributed by atoms with van der Waals surface area (Å²) >= 11 is 1.64.